The lowest BCUT2D eigenvalue weighted by atomic mass is 10.0. The number of aliphatic imine (C=N–C) groups is 1. The molecule has 0 fully saturated rings. The summed E-state index contributed by atoms with van der Waals surface area (Å²) in [6.07, 6.45) is 8.89. The van der Waals surface area contributed by atoms with E-state index in [0.717, 1.165) is 65.8 Å². The molecule has 0 heterocycles. The van der Waals surface area contributed by atoms with Crippen LogP contribution in [0.1, 0.15) is 77.8 Å². The number of hydrogen-bond donors (Lipinski definition) is 2. The van der Waals surface area contributed by atoms with Gasteiger partial charge in [-0.2, -0.15) is 0 Å². The van der Waals surface area contributed by atoms with Gasteiger partial charge in [-0.25, -0.2) is 4.39 Å². The van der Waals surface area contributed by atoms with E-state index in [1.54, 1.807) is 19.2 Å². The van der Waals surface area contributed by atoms with Gasteiger partial charge in [0, 0.05) is 24.0 Å². The predicted molar refractivity (Wildman–Crippen MR) is 142 cm³/mol. The number of ether oxygens (including phenoxy) is 1. The normalized spacial score (nSPS) is 14.9. The molecular formula is C28H42FN3O. The Labute approximate surface area is 200 Å². The smallest absolute Gasteiger partial charge is 0.194 e. The summed E-state index contributed by atoms with van der Waals surface area (Å²) < 4.78 is 20.1. The molecule has 2 unspecified atom stereocenters. The molecule has 1 aromatic carbocycles. The highest BCUT2D eigenvalue weighted by atomic mass is 19.1. The molecule has 0 spiro atoms. The monoisotopic (exact) mass is 455 g/mol. The van der Waals surface area contributed by atoms with Crippen LogP contribution in [0.4, 0.5) is 4.39 Å². The van der Waals surface area contributed by atoms with E-state index in [1.807, 2.05) is 25.1 Å². The Morgan fingerprint density at radius 1 is 1.18 bits per heavy atom. The first kappa shape index (κ1) is 28.4. The Morgan fingerprint density at radius 2 is 1.85 bits per heavy atom. The van der Waals surface area contributed by atoms with Crippen LogP contribution in [0.5, 0.6) is 5.75 Å². The highest BCUT2D eigenvalue weighted by Gasteiger charge is 2.19. The second-order valence-electron chi connectivity index (χ2n) is 8.73. The Hall–Kier alpha value is -2.66. The molecule has 0 saturated heterocycles. The molecule has 0 aliphatic carbocycles. The molecule has 0 saturated carbocycles. The molecule has 4 nitrogen and oxygen atoms in total. The molecule has 182 valence electrons. The molecule has 3 N–H and O–H groups in total. The van der Waals surface area contributed by atoms with Crippen LogP contribution in [0.25, 0.3) is 11.3 Å². The van der Waals surface area contributed by atoms with Crippen molar-refractivity contribution in [3.8, 4) is 5.75 Å². The zero-order valence-electron chi connectivity index (χ0n) is 21.1. The van der Waals surface area contributed by atoms with Crippen molar-refractivity contribution >= 4 is 17.0 Å². The summed E-state index contributed by atoms with van der Waals surface area (Å²) in [5, 5.41) is 3.31. The minimum atomic E-state index is -1.95. The van der Waals surface area contributed by atoms with Crippen molar-refractivity contribution in [2.24, 2.45) is 10.7 Å². The zero-order chi connectivity index (χ0) is 25.0. The van der Waals surface area contributed by atoms with E-state index < -0.39 is 5.79 Å². The summed E-state index contributed by atoms with van der Waals surface area (Å²) in [6.45, 7) is 21.7. The number of nitrogens with zero attached hydrogens (tertiary/aromatic N) is 1. The van der Waals surface area contributed by atoms with E-state index in [9.17, 15) is 4.39 Å². The minimum Gasteiger partial charge on any atom is -0.490 e. The zero-order valence-corrected chi connectivity index (χ0v) is 21.1. The molecule has 0 aliphatic heterocycles. The number of alkyl halides is 1. The largest absolute Gasteiger partial charge is 0.490 e. The van der Waals surface area contributed by atoms with E-state index in [4.69, 9.17) is 10.5 Å². The molecule has 1 aromatic rings. The van der Waals surface area contributed by atoms with E-state index in [0.29, 0.717) is 6.54 Å². The molecule has 0 radical (unpaired) electrons. The van der Waals surface area contributed by atoms with Crippen molar-refractivity contribution in [1.82, 2.24) is 5.32 Å². The summed E-state index contributed by atoms with van der Waals surface area (Å²) in [6, 6.07) is 6.11. The Kier molecular flexibility index (Phi) is 11.9. The number of rotatable bonds is 15. The third-order valence-electron chi connectivity index (χ3n) is 5.44. The number of nitrogens with two attached hydrogens (primary N) is 1. The van der Waals surface area contributed by atoms with E-state index in [1.165, 1.54) is 6.92 Å². The van der Waals surface area contributed by atoms with Crippen LogP contribution in [-0.2, 0) is 0 Å². The Bertz CT molecular complexity index is 878. The highest BCUT2D eigenvalue weighted by molar-refractivity contribution is 5.89. The van der Waals surface area contributed by atoms with Crippen molar-refractivity contribution in [2.45, 2.75) is 78.6 Å². The Morgan fingerprint density at radius 3 is 2.39 bits per heavy atom. The number of halogens is 1. The fourth-order valence-corrected chi connectivity index (χ4v) is 3.08. The summed E-state index contributed by atoms with van der Waals surface area (Å²) in [5.74, 6) is -1.13. The van der Waals surface area contributed by atoms with Crippen molar-refractivity contribution in [2.75, 3.05) is 6.54 Å². The topological polar surface area (TPSA) is 59.6 Å². The first-order chi connectivity index (χ1) is 15.5. The lowest BCUT2D eigenvalue weighted by Crippen LogP contribution is -2.38. The SMILES string of the molecule is C=C/C(=C\N=C(C)C(C)(N)F)CNC(=C)c1cc(OC(CCC)CCCC)cc(C(=C)C)c1. The number of unbranched alkanes of at least 4 members (excludes halogenated alkanes) is 1. The number of nitrogens with one attached hydrogen (secondary N) is 1. The second-order valence-corrected chi connectivity index (χ2v) is 8.73. The van der Waals surface area contributed by atoms with Crippen LogP contribution in [0.15, 0.2) is 60.8 Å². The molecule has 0 bridgehead atoms. The van der Waals surface area contributed by atoms with Gasteiger partial charge < -0.3 is 10.1 Å². The third-order valence-corrected chi connectivity index (χ3v) is 5.44. The fourth-order valence-electron chi connectivity index (χ4n) is 3.08. The number of benzene rings is 1. The van der Waals surface area contributed by atoms with Gasteiger partial charge in [0.15, 0.2) is 5.79 Å². The summed E-state index contributed by atoms with van der Waals surface area (Å²) in [5.41, 5.74) is 10.1. The molecule has 33 heavy (non-hydrogen) atoms. The average Bonchev–Trinajstić information content (AvgIpc) is 2.76. The second kappa shape index (κ2) is 13.8. The standard InChI is InChI=1S/C28H42FN3O/c1-9-12-14-26(13-10-2)33-27-16-24(20(4)5)15-25(17-27)21(6)31-18-23(11-3)19-32-22(7)28(8,29)30/h11,15-17,19,26,31H,3-4,6,9-10,12-14,18,30H2,1-2,5,7-8H3/b23-19+,32-22?. The maximum atomic E-state index is 13.8. The van der Waals surface area contributed by atoms with E-state index >= 15 is 0 Å². The molecule has 0 aromatic heterocycles. The average molecular weight is 456 g/mol. The van der Waals surface area contributed by atoms with E-state index in [2.05, 4.69) is 43.9 Å². The molecule has 0 amide bonds. The van der Waals surface area contributed by atoms with E-state index in [-0.39, 0.29) is 11.8 Å². The fraction of sp³-hybridized carbons (Fsp3) is 0.464. The van der Waals surface area contributed by atoms with Crippen LogP contribution in [-0.4, -0.2) is 24.2 Å². The third kappa shape index (κ3) is 10.2. The van der Waals surface area contributed by atoms with Crippen LogP contribution in [0, 0.1) is 0 Å². The van der Waals surface area contributed by atoms with Gasteiger partial charge >= 0.3 is 0 Å². The maximum absolute atomic E-state index is 13.8. The molecule has 5 heteroatoms. The summed E-state index contributed by atoms with van der Waals surface area (Å²) in [4.78, 5) is 4.13. The van der Waals surface area contributed by atoms with Crippen molar-refractivity contribution < 1.29 is 9.13 Å². The van der Waals surface area contributed by atoms with Crippen LogP contribution in [0.2, 0.25) is 0 Å². The predicted octanol–water partition coefficient (Wildman–Crippen LogP) is 7.19. The van der Waals surface area contributed by atoms with Crippen LogP contribution >= 0.6 is 0 Å². The van der Waals surface area contributed by atoms with Gasteiger partial charge in [0.05, 0.1) is 11.8 Å². The van der Waals surface area contributed by atoms with Crippen molar-refractivity contribution in [3.05, 3.63) is 66.9 Å². The quantitative estimate of drug-likeness (QED) is 0.167. The van der Waals surface area contributed by atoms with Crippen molar-refractivity contribution in [1.29, 1.82) is 0 Å². The molecular weight excluding hydrogens is 413 g/mol. The Balaban J connectivity index is 3.05. The summed E-state index contributed by atoms with van der Waals surface area (Å²) >= 11 is 0. The van der Waals surface area contributed by atoms with Gasteiger partial charge in [-0.3, -0.25) is 10.7 Å². The van der Waals surface area contributed by atoms with Gasteiger partial charge in [-0.05, 0) is 62.9 Å². The van der Waals surface area contributed by atoms with Gasteiger partial charge in [-0.15, -0.1) is 0 Å². The van der Waals surface area contributed by atoms with Gasteiger partial charge in [-0.1, -0.05) is 64.5 Å². The lowest BCUT2D eigenvalue weighted by Gasteiger charge is -2.20. The number of allylic oxidation sites excluding steroid dienone is 1. The first-order valence-electron chi connectivity index (χ1n) is 11.8. The van der Waals surface area contributed by atoms with Gasteiger partial charge in [0.1, 0.15) is 5.75 Å². The molecule has 1 rings (SSSR count). The maximum Gasteiger partial charge on any atom is 0.194 e. The number of hydrogen-bond acceptors (Lipinski definition) is 4. The van der Waals surface area contributed by atoms with Crippen LogP contribution < -0.4 is 15.8 Å². The highest BCUT2D eigenvalue weighted by Crippen LogP contribution is 2.27. The van der Waals surface area contributed by atoms with Crippen molar-refractivity contribution in [3.63, 3.8) is 0 Å². The molecule has 2 atom stereocenters. The van der Waals surface area contributed by atoms with Gasteiger partial charge in [0.2, 0.25) is 0 Å². The lowest BCUT2D eigenvalue weighted by molar-refractivity contribution is 0.176. The van der Waals surface area contributed by atoms with Gasteiger partial charge in [0.25, 0.3) is 0 Å². The first-order valence-corrected chi connectivity index (χ1v) is 11.8. The van der Waals surface area contributed by atoms with Crippen LogP contribution in [0.3, 0.4) is 0 Å². The minimum absolute atomic E-state index is 0.196. The summed E-state index contributed by atoms with van der Waals surface area (Å²) in [7, 11) is 0. The molecule has 0 aliphatic rings.